The molecule has 3 heteroatoms. The third-order valence-corrected chi connectivity index (χ3v) is 4.76. The van der Waals surface area contributed by atoms with E-state index in [1.807, 2.05) is 0 Å². The normalized spacial score (nSPS) is 19.5. The number of benzene rings is 1. The largest absolute Gasteiger partial charge is 0.493 e. The molecule has 0 saturated carbocycles. The summed E-state index contributed by atoms with van der Waals surface area (Å²) < 4.78 is 5.57. The third kappa shape index (κ3) is 3.98. The van der Waals surface area contributed by atoms with Gasteiger partial charge in [0.25, 0.3) is 0 Å². The monoisotopic (exact) mass is 288 g/mol. The maximum absolute atomic E-state index is 5.57. The number of ether oxygens (including phenoxy) is 1. The van der Waals surface area contributed by atoms with Crippen LogP contribution in [0.4, 0.5) is 0 Å². The van der Waals surface area contributed by atoms with Crippen molar-refractivity contribution in [1.29, 1.82) is 0 Å². The second-order valence-electron chi connectivity index (χ2n) is 6.39. The van der Waals surface area contributed by atoms with E-state index in [-0.39, 0.29) is 0 Å². The molecule has 1 N–H and O–H groups in total. The highest BCUT2D eigenvalue weighted by atomic mass is 16.5. The van der Waals surface area contributed by atoms with Gasteiger partial charge in [0.15, 0.2) is 0 Å². The number of likely N-dealkylation sites (tertiary alicyclic amines) is 1. The van der Waals surface area contributed by atoms with Crippen molar-refractivity contribution in [2.45, 2.75) is 51.6 Å². The topological polar surface area (TPSA) is 24.5 Å². The highest BCUT2D eigenvalue weighted by Gasteiger charge is 2.18. The van der Waals surface area contributed by atoms with Gasteiger partial charge in [-0.05, 0) is 56.1 Å². The highest BCUT2D eigenvalue weighted by Crippen LogP contribution is 2.25. The zero-order chi connectivity index (χ0) is 14.5. The quantitative estimate of drug-likeness (QED) is 0.871. The molecule has 1 aromatic rings. The smallest absolute Gasteiger partial charge is 0.122 e. The Hall–Kier alpha value is -1.06. The number of piperidine rings is 1. The molecule has 116 valence electrons. The summed E-state index contributed by atoms with van der Waals surface area (Å²) in [4.78, 5) is 2.62. The summed E-state index contributed by atoms with van der Waals surface area (Å²) in [5.74, 6) is 1.09. The van der Waals surface area contributed by atoms with Crippen molar-refractivity contribution >= 4 is 0 Å². The molecule has 21 heavy (non-hydrogen) atoms. The first kappa shape index (κ1) is 14.9. The van der Waals surface area contributed by atoms with Crippen LogP contribution in [0.5, 0.6) is 5.75 Å². The lowest BCUT2D eigenvalue weighted by Crippen LogP contribution is -2.42. The SMILES string of the molecule is CCCCN1CCC(NCc2ccc3c(c2)CCO3)CC1. The van der Waals surface area contributed by atoms with Crippen molar-refractivity contribution in [3.63, 3.8) is 0 Å². The summed E-state index contributed by atoms with van der Waals surface area (Å²) in [6, 6.07) is 7.33. The zero-order valence-corrected chi connectivity index (χ0v) is 13.2. The van der Waals surface area contributed by atoms with E-state index in [0.717, 1.165) is 25.3 Å². The Morgan fingerprint density at radius 1 is 1.29 bits per heavy atom. The molecule has 0 spiro atoms. The Morgan fingerprint density at radius 3 is 2.95 bits per heavy atom. The van der Waals surface area contributed by atoms with Crippen LogP contribution in [-0.4, -0.2) is 37.2 Å². The van der Waals surface area contributed by atoms with Crippen molar-refractivity contribution in [2.24, 2.45) is 0 Å². The number of unbranched alkanes of at least 4 members (excludes halogenated alkanes) is 1. The fraction of sp³-hybridized carbons (Fsp3) is 0.667. The van der Waals surface area contributed by atoms with Gasteiger partial charge in [-0.3, -0.25) is 0 Å². The summed E-state index contributed by atoms with van der Waals surface area (Å²) in [7, 11) is 0. The first-order valence-corrected chi connectivity index (χ1v) is 8.55. The zero-order valence-electron chi connectivity index (χ0n) is 13.2. The molecule has 2 aliphatic rings. The highest BCUT2D eigenvalue weighted by molar-refractivity contribution is 5.39. The van der Waals surface area contributed by atoms with Crippen molar-refractivity contribution in [3.05, 3.63) is 29.3 Å². The third-order valence-electron chi connectivity index (χ3n) is 4.76. The summed E-state index contributed by atoms with van der Waals surface area (Å²) in [6.07, 6.45) is 6.30. The number of nitrogens with zero attached hydrogens (tertiary/aromatic N) is 1. The Kier molecular flexibility index (Phi) is 5.15. The van der Waals surface area contributed by atoms with E-state index in [1.54, 1.807) is 0 Å². The van der Waals surface area contributed by atoms with E-state index in [4.69, 9.17) is 4.74 Å². The number of hydrogen-bond donors (Lipinski definition) is 1. The number of rotatable bonds is 6. The lowest BCUT2D eigenvalue weighted by Gasteiger charge is -2.32. The van der Waals surface area contributed by atoms with Gasteiger partial charge in [0.1, 0.15) is 5.75 Å². The molecule has 0 bridgehead atoms. The van der Waals surface area contributed by atoms with Crippen LogP contribution < -0.4 is 10.1 Å². The molecule has 2 aliphatic heterocycles. The summed E-state index contributed by atoms with van der Waals surface area (Å²) in [6.45, 7) is 7.92. The maximum Gasteiger partial charge on any atom is 0.122 e. The average Bonchev–Trinajstić information content (AvgIpc) is 2.99. The summed E-state index contributed by atoms with van der Waals surface area (Å²) in [5.41, 5.74) is 2.77. The van der Waals surface area contributed by atoms with Gasteiger partial charge in [-0.15, -0.1) is 0 Å². The summed E-state index contributed by atoms with van der Waals surface area (Å²) >= 11 is 0. The molecule has 1 aromatic carbocycles. The maximum atomic E-state index is 5.57. The van der Waals surface area contributed by atoms with Gasteiger partial charge in [0, 0.05) is 19.0 Å². The Morgan fingerprint density at radius 2 is 2.14 bits per heavy atom. The van der Waals surface area contributed by atoms with Crippen LogP contribution in [-0.2, 0) is 13.0 Å². The molecule has 0 amide bonds. The predicted molar refractivity (Wildman–Crippen MR) is 86.9 cm³/mol. The molecule has 3 nitrogen and oxygen atoms in total. The lowest BCUT2D eigenvalue weighted by molar-refractivity contribution is 0.195. The van der Waals surface area contributed by atoms with Crippen LogP contribution in [0.3, 0.4) is 0 Å². The molecule has 1 fully saturated rings. The van der Waals surface area contributed by atoms with Crippen LogP contribution in [0.2, 0.25) is 0 Å². The van der Waals surface area contributed by atoms with E-state index in [2.05, 4.69) is 35.3 Å². The summed E-state index contributed by atoms with van der Waals surface area (Å²) in [5, 5.41) is 3.74. The predicted octanol–water partition coefficient (Wildman–Crippen LogP) is 2.98. The second kappa shape index (κ2) is 7.28. The molecular weight excluding hydrogens is 260 g/mol. The van der Waals surface area contributed by atoms with Gasteiger partial charge >= 0.3 is 0 Å². The van der Waals surface area contributed by atoms with Crippen LogP contribution >= 0.6 is 0 Å². The van der Waals surface area contributed by atoms with Gasteiger partial charge in [0.05, 0.1) is 6.61 Å². The number of fused-ring (bicyclic) bond motifs is 1. The van der Waals surface area contributed by atoms with Gasteiger partial charge in [-0.25, -0.2) is 0 Å². The Labute approximate surface area is 128 Å². The van der Waals surface area contributed by atoms with Crippen molar-refractivity contribution in [3.8, 4) is 5.75 Å². The minimum Gasteiger partial charge on any atom is -0.493 e. The van der Waals surface area contributed by atoms with Crippen molar-refractivity contribution in [2.75, 3.05) is 26.2 Å². The van der Waals surface area contributed by atoms with Crippen LogP contribution in [0, 0.1) is 0 Å². The van der Waals surface area contributed by atoms with Crippen LogP contribution in [0.1, 0.15) is 43.7 Å². The first-order chi connectivity index (χ1) is 10.3. The van der Waals surface area contributed by atoms with Gasteiger partial charge in [-0.2, -0.15) is 0 Å². The fourth-order valence-electron chi connectivity index (χ4n) is 3.35. The molecule has 3 rings (SSSR count). The van der Waals surface area contributed by atoms with Gasteiger partial charge < -0.3 is 15.0 Å². The average molecular weight is 288 g/mol. The Bertz CT molecular complexity index is 453. The number of hydrogen-bond acceptors (Lipinski definition) is 3. The van der Waals surface area contributed by atoms with Gasteiger partial charge in [0.2, 0.25) is 0 Å². The minimum atomic E-state index is 0.687. The van der Waals surface area contributed by atoms with Crippen molar-refractivity contribution < 1.29 is 4.74 Å². The van der Waals surface area contributed by atoms with E-state index in [1.165, 1.54) is 56.4 Å². The molecule has 0 radical (unpaired) electrons. The molecule has 1 saturated heterocycles. The van der Waals surface area contributed by atoms with E-state index in [0.29, 0.717) is 6.04 Å². The Balaban J connectivity index is 1.42. The lowest BCUT2D eigenvalue weighted by atomic mass is 10.0. The molecular formula is C18H28N2O. The minimum absolute atomic E-state index is 0.687. The van der Waals surface area contributed by atoms with Crippen LogP contribution in [0.15, 0.2) is 18.2 Å². The van der Waals surface area contributed by atoms with E-state index >= 15 is 0 Å². The molecule has 0 aliphatic carbocycles. The van der Waals surface area contributed by atoms with Crippen LogP contribution in [0.25, 0.3) is 0 Å². The molecule has 2 heterocycles. The second-order valence-corrected chi connectivity index (χ2v) is 6.39. The number of nitrogens with one attached hydrogen (secondary N) is 1. The molecule has 0 aromatic heterocycles. The first-order valence-electron chi connectivity index (χ1n) is 8.55. The molecule has 0 unspecified atom stereocenters. The molecule has 0 atom stereocenters. The van der Waals surface area contributed by atoms with E-state index in [9.17, 15) is 0 Å². The van der Waals surface area contributed by atoms with Crippen molar-refractivity contribution in [1.82, 2.24) is 10.2 Å². The fourth-order valence-corrected chi connectivity index (χ4v) is 3.35. The van der Waals surface area contributed by atoms with Gasteiger partial charge in [-0.1, -0.05) is 25.5 Å². The standard InChI is InChI=1S/C18H28N2O/c1-2-3-9-20-10-6-17(7-11-20)19-14-15-4-5-18-16(13-15)8-12-21-18/h4-5,13,17,19H,2-3,6-12,14H2,1H3. The van der Waals surface area contributed by atoms with E-state index < -0.39 is 0 Å².